The van der Waals surface area contributed by atoms with Crippen molar-refractivity contribution < 1.29 is 4.79 Å². The molecule has 0 spiro atoms. The number of anilines is 2. The normalized spacial score (nSPS) is 13.9. The Morgan fingerprint density at radius 1 is 1.24 bits per heavy atom. The van der Waals surface area contributed by atoms with Gasteiger partial charge in [0.15, 0.2) is 0 Å². The van der Waals surface area contributed by atoms with E-state index >= 15 is 0 Å². The van der Waals surface area contributed by atoms with Crippen LogP contribution < -0.4 is 10.6 Å². The molecule has 1 aliphatic rings. The molecule has 0 atom stereocenters. The first kappa shape index (κ1) is 12.0. The van der Waals surface area contributed by atoms with Crippen molar-refractivity contribution >= 4 is 22.9 Å². The maximum atomic E-state index is 12.2. The van der Waals surface area contributed by atoms with Crippen molar-refractivity contribution in [1.82, 2.24) is 9.38 Å². The predicted molar refractivity (Wildman–Crippen MR) is 80.9 cm³/mol. The fraction of sp³-hybridized carbons (Fsp3) is 0.125. The maximum absolute atomic E-state index is 12.2. The number of hydrogen-bond acceptors (Lipinski definition) is 3. The Kier molecular flexibility index (Phi) is 2.47. The van der Waals surface area contributed by atoms with E-state index < -0.39 is 0 Å². The fourth-order valence-electron chi connectivity index (χ4n) is 2.80. The summed E-state index contributed by atoms with van der Waals surface area (Å²) in [6.07, 6.45) is 4.32. The van der Waals surface area contributed by atoms with E-state index in [1.807, 2.05) is 53.2 Å². The number of nitrogens with zero attached hydrogens (tertiary/aromatic N) is 3. The van der Waals surface area contributed by atoms with Crippen LogP contribution in [0.25, 0.3) is 5.65 Å². The molecule has 3 aromatic rings. The molecule has 1 aromatic carbocycles. The molecular formula is C16H14N4O. The summed E-state index contributed by atoms with van der Waals surface area (Å²) in [6, 6.07) is 11.5. The van der Waals surface area contributed by atoms with Crippen LogP contribution in [0.2, 0.25) is 0 Å². The van der Waals surface area contributed by atoms with Crippen LogP contribution in [-0.2, 0) is 17.8 Å². The second kappa shape index (κ2) is 4.34. The van der Waals surface area contributed by atoms with Gasteiger partial charge in [-0.25, -0.2) is 4.98 Å². The molecule has 0 saturated carbocycles. The Morgan fingerprint density at radius 3 is 3.00 bits per heavy atom. The van der Waals surface area contributed by atoms with Crippen molar-refractivity contribution in [2.45, 2.75) is 13.0 Å². The smallest absolute Gasteiger partial charge is 0.231 e. The second-order valence-electron chi connectivity index (χ2n) is 5.24. The van der Waals surface area contributed by atoms with Gasteiger partial charge in [0.25, 0.3) is 0 Å². The summed E-state index contributed by atoms with van der Waals surface area (Å²) in [5.74, 6) is 0.0904. The quantitative estimate of drug-likeness (QED) is 0.729. The molecule has 0 bridgehead atoms. The molecule has 3 heterocycles. The third-order valence-electron chi connectivity index (χ3n) is 3.77. The second-order valence-corrected chi connectivity index (χ2v) is 5.24. The average molecular weight is 278 g/mol. The number of hydrogen-bond donors (Lipinski definition) is 1. The van der Waals surface area contributed by atoms with Gasteiger partial charge in [-0.3, -0.25) is 4.79 Å². The van der Waals surface area contributed by atoms with Gasteiger partial charge in [0, 0.05) is 23.8 Å². The third kappa shape index (κ3) is 1.94. The zero-order valence-electron chi connectivity index (χ0n) is 11.4. The number of amides is 1. The highest BCUT2D eigenvalue weighted by molar-refractivity contribution is 6.01. The number of carbonyl (C=O) groups is 1. The minimum Gasteiger partial charge on any atom is -0.399 e. The van der Waals surface area contributed by atoms with Crippen LogP contribution in [0.3, 0.4) is 0 Å². The van der Waals surface area contributed by atoms with E-state index in [9.17, 15) is 4.79 Å². The lowest BCUT2D eigenvalue weighted by atomic mass is 10.1. The highest BCUT2D eigenvalue weighted by atomic mass is 16.2. The average Bonchev–Trinajstić information content (AvgIpc) is 3.00. The largest absolute Gasteiger partial charge is 0.399 e. The molecule has 2 N–H and O–H groups in total. The van der Waals surface area contributed by atoms with Gasteiger partial charge in [-0.05, 0) is 35.9 Å². The summed E-state index contributed by atoms with van der Waals surface area (Å²) in [7, 11) is 0. The van der Waals surface area contributed by atoms with Crippen LogP contribution in [0.1, 0.15) is 11.3 Å². The van der Waals surface area contributed by atoms with Gasteiger partial charge in [-0.2, -0.15) is 0 Å². The van der Waals surface area contributed by atoms with E-state index in [1.165, 1.54) is 0 Å². The monoisotopic (exact) mass is 278 g/mol. The molecule has 4 rings (SSSR count). The molecule has 0 aliphatic carbocycles. The number of nitrogens with two attached hydrogens (primary N) is 1. The number of fused-ring (bicyclic) bond motifs is 2. The molecule has 0 fully saturated rings. The van der Waals surface area contributed by atoms with E-state index in [1.54, 1.807) is 4.90 Å². The van der Waals surface area contributed by atoms with Crippen LogP contribution in [0, 0.1) is 0 Å². The molecule has 0 saturated heterocycles. The number of aromatic nitrogens is 2. The fourth-order valence-corrected chi connectivity index (χ4v) is 2.80. The number of benzene rings is 1. The van der Waals surface area contributed by atoms with Crippen LogP contribution >= 0.6 is 0 Å². The minimum absolute atomic E-state index is 0.0904. The molecule has 5 nitrogen and oxygen atoms in total. The summed E-state index contributed by atoms with van der Waals surface area (Å²) >= 11 is 0. The van der Waals surface area contributed by atoms with Crippen LogP contribution in [0.5, 0.6) is 0 Å². The SMILES string of the molecule is Nc1ccc2c(c1)CC(=O)N2Cc1cn2ccccc2n1. The molecule has 5 heteroatoms. The number of imidazole rings is 1. The molecule has 21 heavy (non-hydrogen) atoms. The van der Waals surface area contributed by atoms with Gasteiger partial charge >= 0.3 is 0 Å². The van der Waals surface area contributed by atoms with Gasteiger partial charge < -0.3 is 15.0 Å². The third-order valence-corrected chi connectivity index (χ3v) is 3.77. The van der Waals surface area contributed by atoms with E-state index in [0.717, 1.165) is 22.6 Å². The lowest BCUT2D eigenvalue weighted by Gasteiger charge is -2.16. The topological polar surface area (TPSA) is 63.6 Å². The summed E-state index contributed by atoms with van der Waals surface area (Å²) in [4.78, 5) is 18.5. The van der Waals surface area contributed by atoms with E-state index in [0.29, 0.717) is 18.7 Å². The Bertz CT molecular complexity index is 819. The van der Waals surface area contributed by atoms with Crippen molar-refractivity contribution in [3.05, 3.63) is 60.0 Å². The Hall–Kier alpha value is -2.82. The molecule has 2 aromatic heterocycles. The number of carbonyl (C=O) groups excluding carboxylic acids is 1. The maximum Gasteiger partial charge on any atom is 0.231 e. The number of pyridine rings is 1. The van der Waals surface area contributed by atoms with Crippen molar-refractivity contribution in [2.75, 3.05) is 10.6 Å². The van der Waals surface area contributed by atoms with Crippen LogP contribution in [-0.4, -0.2) is 15.3 Å². The highest BCUT2D eigenvalue weighted by Crippen LogP contribution is 2.31. The van der Waals surface area contributed by atoms with Crippen molar-refractivity contribution in [3.8, 4) is 0 Å². The standard InChI is InChI=1S/C16H14N4O/c17-12-4-5-14-11(7-12)8-16(21)20(14)10-13-9-19-6-2-1-3-15(19)18-13/h1-7,9H,8,10,17H2. The summed E-state index contributed by atoms with van der Waals surface area (Å²) in [6.45, 7) is 0.484. The van der Waals surface area contributed by atoms with Gasteiger partial charge in [-0.15, -0.1) is 0 Å². The van der Waals surface area contributed by atoms with Crippen molar-refractivity contribution in [1.29, 1.82) is 0 Å². The lowest BCUT2D eigenvalue weighted by molar-refractivity contribution is -0.117. The zero-order valence-corrected chi connectivity index (χ0v) is 11.4. The van der Waals surface area contributed by atoms with Crippen molar-refractivity contribution in [3.63, 3.8) is 0 Å². The van der Waals surface area contributed by atoms with Crippen LogP contribution in [0.15, 0.2) is 48.8 Å². The molecule has 1 amide bonds. The van der Waals surface area contributed by atoms with Gasteiger partial charge in [0.2, 0.25) is 5.91 Å². The van der Waals surface area contributed by atoms with Gasteiger partial charge in [0.05, 0.1) is 18.7 Å². The van der Waals surface area contributed by atoms with E-state index in [4.69, 9.17) is 5.73 Å². The zero-order chi connectivity index (χ0) is 14.4. The molecular weight excluding hydrogens is 264 g/mol. The lowest BCUT2D eigenvalue weighted by Crippen LogP contribution is -2.26. The van der Waals surface area contributed by atoms with Gasteiger partial charge in [0.1, 0.15) is 5.65 Å². The van der Waals surface area contributed by atoms with E-state index in [2.05, 4.69) is 4.98 Å². The predicted octanol–water partition coefficient (Wildman–Crippen LogP) is 2.01. The summed E-state index contributed by atoms with van der Waals surface area (Å²) in [5.41, 5.74) is 10.2. The summed E-state index contributed by atoms with van der Waals surface area (Å²) < 4.78 is 1.96. The minimum atomic E-state index is 0.0904. The molecule has 0 radical (unpaired) electrons. The Labute approximate surface area is 121 Å². The number of nitrogen functional groups attached to an aromatic ring is 1. The highest BCUT2D eigenvalue weighted by Gasteiger charge is 2.27. The first-order valence-corrected chi connectivity index (χ1v) is 6.82. The number of rotatable bonds is 2. The van der Waals surface area contributed by atoms with Gasteiger partial charge in [-0.1, -0.05) is 6.07 Å². The van der Waals surface area contributed by atoms with Crippen LogP contribution in [0.4, 0.5) is 11.4 Å². The molecule has 1 aliphatic heterocycles. The first-order valence-electron chi connectivity index (χ1n) is 6.82. The first-order chi connectivity index (χ1) is 10.2. The van der Waals surface area contributed by atoms with Crippen molar-refractivity contribution in [2.24, 2.45) is 0 Å². The Morgan fingerprint density at radius 2 is 2.14 bits per heavy atom. The molecule has 0 unspecified atom stereocenters. The summed E-state index contributed by atoms with van der Waals surface area (Å²) in [5, 5.41) is 0. The molecule has 104 valence electrons. The Balaban J connectivity index is 1.70. The van der Waals surface area contributed by atoms with E-state index in [-0.39, 0.29) is 5.91 Å².